The minimum Gasteiger partial charge on any atom is -0.469 e. The minimum atomic E-state index is -0.225. The molecule has 0 aromatic rings. The Morgan fingerprint density at radius 2 is 2.17 bits per heavy atom. The quantitative estimate of drug-likeness (QED) is 0.664. The zero-order chi connectivity index (χ0) is 12.9. The fourth-order valence-corrected chi connectivity index (χ4v) is 3.69. The van der Waals surface area contributed by atoms with E-state index in [-0.39, 0.29) is 35.8 Å². The third-order valence-electron chi connectivity index (χ3n) is 4.52. The molecule has 0 spiro atoms. The molecule has 2 bridgehead atoms. The zero-order valence-corrected chi connectivity index (χ0v) is 10.8. The number of fused-ring (bicyclic) bond motifs is 2. The minimum absolute atomic E-state index is 0.0386. The normalized spacial score (nSPS) is 38.7. The van der Waals surface area contributed by atoms with Crippen molar-refractivity contribution in [3.05, 3.63) is 11.1 Å². The summed E-state index contributed by atoms with van der Waals surface area (Å²) in [4.78, 5) is 23.9. The topological polar surface area (TPSA) is 52.6 Å². The van der Waals surface area contributed by atoms with Crippen LogP contribution >= 0.6 is 0 Å². The fraction of sp³-hybridized carbons (Fsp3) is 0.714. The van der Waals surface area contributed by atoms with E-state index in [1.807, 2.05) is 6.92 Å². The molecule has 2 heterocycles. The standard InChI is InChI=1S/C14H18O4/c1-7-9-6-10(14(16)17-2)13(18-7)8-4-3-5-11(15)12(8)9/h7,9-10,13H,3-6H2,1-2H3/t7-,9-,10+,13+/m1/s1. The summed E-state index contributed by atoms with van der Waals surface area (Å²) in [5.74, 6) is -0.0751. The molecule has 4 nitrogen and oxygen atoms in total. The van der Waals surface area contributed by atoms with Crippen molar-refractivity contribution in [2.75, 3.05) is 7.11 Å². The molecular formula is C14H18O4. The highest BCUT2D eigenvalue weighted by Gasteiger charge is 2.51. The van der Waals surface area contributed by atoms with Gasteiger partial charge in [0.05, 0.1) is 25.2 Å². The molecule has 0 radical (unpaired) electrons. The Morgan fingerprint density at radius 1 is 1.39 bits per heavy atom. The monoisotopic (exact) mass is 250 g/mol. The maximum atomic E-state index is 12.1. The van der Waals surface area contributed by atoms with Gasteiger partial charge in [0.2, 0.25) is 0 Å². The number of esters is 1. The van der Waals surface area contributed by atoms with E-state index in [9.17, 15) is 9.59 Å². The second-order valence-electron chi connectivity index (χ2n) is 5.45. The third kappa shape index (κ3) is 1.55. The second kappa shape index (κ2) is 4.19. The summed E-state index contributed by atoms with van der Waals surface area (Å²) in [5.41, 5.74) is 2.06. The van der Waals surface area contributed by atoms with Gasteiger partial charge in [-0.05, 0) is 31.8 Å². The number of hydrogen-bond acceptors (Lipinski definition) is 4. The van der Waals surface area contributed by atoms with Crippen LogP contribution in [-0.4, -0.2) is 31.1 Å². The van der Waals surface area contributed by atoms with Gasteiger partial charge < -0.3 is 9.47 Å². The first kappa shape index (κ1) is 11.9. The molecule has 2 aliphatic carbocycles. The molecule has 0 aromatic carbocycles. The summed E-state index contributed by atoms with van der Waals surface area (Å²) < 4.78 is 10.8. The third-order valence-corrected chi connectivity index (χ3v) is 4.52. The maximum absolute atomic E-state index is 12.1. The SMILES string of the molecule is COC(=O)[C@H]1C[C@H]2C3=C(CCCC3=O)[C@@H]1O[C@@H]2C. The Hall–Kier alpha value is -1.16. The Balaban J connectivity index is 2.01. The van der Waals surface area contributed by atoms with Gasteiger partial charge in [-0.15, -0.1) is 0 Å². The van der Waals surface area contributed by atoms with Crippen LogP contribution < -0.4 is 0 Å². The fourth-order valence-electron chi connectivity index (χ4n) is 3.69. The Morgan fingerprint density at radius 3 is 2.89 bits per heavy atom. The van der Waals surface area contributed by atoms with Gasteiger partial charge in [-0.3, -0.25) is 9.59 Å². The van der Waals surface area contributed by atoms with Crippen molar-refractivity contribution in [1.29, 1.82) is 0 Å². The number of Topliss-reactive ketones (excluding diaryl/α,β-unsaturated/α-hetero) is 1. The number of rotatable bonds is 1. The number of carbonyl (C=O) groups is 2. The van der Waals surface area contributed by atoms with E-state index in [0.717, 1.165) is 24.0 Å². The molecular weight excluding hydrogens is 232 g/mol. The number of methoxy groups -OCH3 is 1. The summed E-state index contributed by atoms with van der Waals surface area (Å²) in [7, 11) is 1.41. The molecule has 98 valence electrons. The molecule has 1 saturated heterocycles. The van der Waals surface area contributed by atoms with Gasteiger partial charge in [0, 0.05) is 17.9 Å². The van der Waals surface area contributed by atoms with Crippen LogP contribution in [0.5, 0.6) is 0 Å². The lowest BCUT2D eigenvalue weighted by atomic mass is 9.65. The lowest BCUT2D eigenvalue weighted by molar-refractivity contribution is -0.164. The first-order valence-electron chi connectivity index (χ1n) is 6.63. The first-order chi connectivity index (χ1) is 8.63. The molecule has 4 rings (SSSR count). The molecule has 0 unspecified atom stereocenters. The summed E-state index contributed by atoms with van der Waals surface area (Å²) in [6, 6.07) is 0. The van der Waals surface area contributed by atoms with E-state index < -0.39 is 0 Å². The lowest BCUT2D eigenvalue weighted by Crippen LogP contribution is -2.52. The number of hydrogen-bond donors (Lipinski definition) is 0. The van der Waals surface area contributed by atoms with Crippen LogP contribution in [0, 0.1) is 11.8 Å². The van der Waals surface area contributed by atoms with Gasteiger partial charge in [-0.25, -0.2) is 0 Å². The van der Waals surface area contributed by atoms with Gasteiger partial charge in [0.1, 0.15) is 0 Å². The Kier molecular flexibility index (Phi) is 2.77. The summed E-state index contributed by atoms with van der Waals surface area (Å²) in [6.07, 6.45) is 2.93. The molecule has 2 aliphatic heterocycles. The van der Waals surface area contributed by atoms with Crippen LogP contribution in [-0.2, 0) is 19.1 Å². The lowest BCUT2D eigenvalue weighted by Gasteiger charge is -2.48. The van der Waals surface area contributed by atoms with Crippen molar-refractivity contribution >= 4 is 11.8 Å². The van der Waals surface area contributed by atoms with Gasteiger partial charge in [0.25, 0.3) is 0 Å². The molecule has 0 saturated carbocycles. The highest BCUT2D eigenvalue weighted by atomic mass is 16.5. The predicted molar refractivity (Wildman–Crippen MR) is 63.8 cm³/mol. The largest absolute Gasteiger partial charge is 0.469 e. The van der Waals surface area contributed by atoms with Gasteiger partial charge in [0.15, 0.2) is 5.78 Å². The average Bonchev–Trinajstić information content (AvgIpc) is 2.38. The molecule has 0 N–H and O–H groups in total. The molecule has 1 fully saturated rings. The molecule has 18 heavy (non-hydrogen) atoms. The zero-order valence-electron chi connectivity index (χ0n) is 10.8. The van der Waals surface area contributed by atoms with E-state index in [0.29, 0.717) is 12.8 Å². The van der Waals surface area contributed by atoms with E-state index in [4.69, 9.17) is 9.47 Å². The number of ether oxygens (including phenoxy) is 2. The first-order valence-corrected chi connectivity index (χ1v) is 6.63. The van der Waals surface area contributed by atoms with Crippen molar-refractivity contribution in [2.24, 2.45) is 11.8 Å². The molecule has 4 aliphatic rings. The van der Waals surface area contributed by atoms with E-state index in [2.05, 4.69) is 0 Å². The van der Waals surface area contributed by atoms with Crippen molar-refractivity contribution < 1.29 is 19.1 Å². The predicted octanol–water partition coefficient (Wildman–Crippen LogP) is 1.63. The number of carbonyl (C=O) groups excluding carboxylic acids is 2. The van der Waals surface area contributed by atoms with E-state index >= 15 is 0 Å². The van der Waals surface area contributed by atoms with Crippen LogP contribution in [0.25, 0.3) is 0 Å². The van der Waals surface area contributed by atoms with E-state index in [1.165, 1.54) is 7.11 Å². The summed E-state index contributed by atoms with van der Waals surface area (Å²) in [6.45, 7) is 2.00. The second-order valence-corrected chi connectivity index (χ2v) is 5.45. The summed E-state index contributed by atoms with van der Waals surface area (Å²) in [5, 5.41) is 0. The molecule has 4 atom stereocenters. The van der Waals surface area contributed by atoms with Crippen LogP contribution in [0.4, 0.5) is 0 Å². The van der Waals surface area contributed by atoms with Crippen molar-refractivity contribution in [3.63, 3.8) is 0 Å². The molecule has 0 aromatic heterocycles. The molecule has 0 amide bonds. The van der Waals surface area contributed by atoms with Crippen LogP contribution in [0.3, 0.4) is 0 Å². The van der Waals surface area contributed by atoms with Gasteiger partial charge >= 0.3 is 5.97 Å². The Labute approximate surface area is 106 Å². The highest BCUT2D eigenvalue weighted by Crippen LogP contribution is 2.48. The van der Waals surface area contributed by atoms with Crippen LogP contribution in [0.1, 0.15) is 32.6 Å². The van der Waals surface area contributed by atoms with Crippen LogP contribution in [0.15, 0.2) is 11.1 Å². The van der Waals surface area contributed by atoms with Crippen molar-refractivity contribution in [2.45, 2.75) is 44.8 Å². The summed E-state index contributed by atoms with van der Waals surface area (Å²) >= 11 is 0. The van der Waals surface area contributed by atoms with Crippen LogP contribution in [0.2, 0.25) is 0 Å². The van der Waals surface area contributed by atoms with Gasteiger partial charge in [-0.2, -0.15) is 0 Å². The van der Waals surface area contributed by atoms with Crippen molar-refractivity contribution in [3.8, 4) is 0 Å². The maximum Gasteiger partial charge on any atom is 0.311 e. The highest BCUT2D eigenvalue weighted by molar-refractivity contribution is 5.98. The Bertz CT molecular complexity index is 437. The van der Waals surface area contributed by atoms with Crippen molar-refractivity contribution in [1.82, 2.24) is 0 Å². The average molecular weight is 250 g/mol. The molecule has 4 heteroatoms. The number of ketones is 1. The van der Waals surface area contributed by atoms with E-state index in [1.54, 1.807) is 0 Å². The smallest absolute Gasteiger partial charge is 0.311 e. The van der Waals surface area contributed by atoms with Gasteiger partial charge in [-0.1, -0.05) is 0 Å².